The first-order valence-corrected chi connectivity index (χ1v) is 9.76. The summed E-state index contributed by atoms with van der Waals surface area (Å²) in [5.74, 6) is -0.943. The highest BCUT2D eigenvalue weighted by Crippen LogP contribution is 2.40. The first-order chi connectivity index (χ1) is 13.9. The second kappa shape index (κ2) is 7.33. The Morgan fingerprint density at radius 1 is 1.17 bits per heavy atom. The number of carboxylic acids is 1. The molecule has 0 spiro atoms. The van der Waals surface area contributed by atoms with E-state index in [-0.39, 0.29) is 17.6 Å². The van der Waals surface area contributed by atoms with Crippen LogP contribution in [0.5, 0.6) is 0 Å². The Labute approximate surface area is 174 Å². The molecule has 0 bridgehead atoms. The maximum Gasteiger partial charge on any atom is 0.337 e. The third kappa shape index (κ3) is 3.17. The number of hydrogen-bond donors (Lipinski definition) is 2. The minimum absolute atomic E-state index is 0.0469. The molecule has 1 aliphatic heterocycles. The quantitative estimate of drug-likeness (QED) is 0.643. The number of hydrogen-bond acceptors (Lipinski definition) is 3. The highest BCUT2D eigenvalue weighted by molar-refractivity contribution is 7.80. The standard InChI is InChI=1S/C22H22N4O2S/c1-13-12-16(14(2)26(13)18-10-5-4-8-15(18)21(27)28)20-19(24-22(29)25(20)3)17-9-6-7-11-23-17/h4-12,19-20H,1-3H3,(H,24,29)(H,27,28)/t19-,20+/m1/s1. The van der Waals surface area contributed by atoms with Gasteiger partial charge in [0, 0.05) is 24.6 Å². The van der Waals surface area contributed by atoms with Gasteiger partial charge < -0.3 is 19.9 Å². The number of thiocarbonyl (C=S) groups is 1. The lowest BCUT2D eigenvalue weighted by molar-refractivity contribution is 0.0697. The molecule has 0 saturated carbocycles. The zero-order valence-electron chi connectivity index (χ0n) is 16.5. The summed E-state index contributed by atoms with van der Waals surface area (Å²) in [6, 6.07) is 14.9. The van der Waals surface area contributed by atoms with E-state index in [1.54, 1.807) is 18.3 Å². The second-order valence-corrected chi connectivity index (χ2v) is 7.61. The van der Waals surface area contributed by atoms with Gasteiger partial charge in [0.15, 0.2) is 5.11 Å². The minimum Gasteiger partial charge on any atom is -0.478 e. The fourth-order valence-corrected chi connectivity index (χ4v) is 4.40. The fraction of sp³-hybridized carbons (Fsp3) is 0.227. The fourth-order valence-electron chi connectivity index (χ4n) is 4.15. The Bertz CT molecular complexity index is 1090. The molecule has 4 rings (SSSR count). The first kappa shape index (κ1) is 19.1. The van der Waals surface area contributed by atoms with Crippen molar-refractivity contribution in [3.05, 3.63) is 82.9 Å². The number of nitrogens with zero attached hydrogens (tertiary/aromatic N) is 3. The Balaban J connectivity index is 1.86. The summed E-state index contributed by atoms with van der Waals surface area (Å²) in [7, 11) is 1.97. The second-order valence-electron chi connectivity index (χ2n) is 7.22. The van der Waals surface area contributed by atoms with Crippen LogP contribution in [0.4, 0.5) is 0 Å². The summed E-state index contributed by atoms with van der Waals surface area (Å²) >= 11 is 5.53. The molecule has 6 nitrogen and oxygen atoms in total. The molecule has 1 saturated heterocycles. The predicted molar refractivity (Wildman–Crippen MR) is 115 cm³/mol. The number of benzene rings is 1. The Hall–Kier alpha value is -3.19. The van der Waals surface area contributed by atoms with Crippen molar-refractivity contribution in [3.8, 4) is 5.69 Å². The van der Waals surface area contributed by atoms with Crippen LogP contribution in [0.15, 0.2) is 54.7 Å². The van der Waals surface area contributed by atoms with Gasteiger partial charge in [0.05, 0.1) is 29.0 Å². The zero-order valence-corrected chi connectivity index (χ0v) is 17.3. The van der Waals surface area contributed by atoms with E-state index in [2.05, 4.69) is 16.4 Å². The number of carboxylic acid groups (broad SMARTS) is 1. The van der Waals surface area contributed by atoms with Gasteiger partial charge in [-0.2, -0.15) is 0 Å². The molecule has 148 valence electrons. The smallest absolute Gasteiger partial charge is 0.337 e. The number of pyridine rings is 1. The van der Waals surface area contributed by atoms with Crippen molar-refractivity contribution in [2.75, 3.05) is 7.05 Å². The van der Waals surface area contributed by atoms with Crippen LogP contribution in [-0.4, -0.2) is 37.7 Å². The van der Waals surface area contributed by atoms with Crippen LogP contribution in [0.25, 0.3) is 5.69 Å². The molecule has 0 aliphatic carbocycles. The van der Waals surface area contributed by atoms with Gasteiger partial charge in [-0.3, -0.25) is 4.98 Å². The molecule has 1 aromatic carbocycles. The number of aromatic carboxylic acids is 1. The number of rotatable bonds is 4. The van der Waals surface area contributed by atoms with Gasteiger partial charge in [0.1, 0.15) is 0 Å². The summed E-state index contributed by atoms with van der Waals surface area (Å²) in [6.07, 6.45) is 1.78. The van der Waals surface area contributed by atoms with E-state index < -0.39 is 5.97 Å². The molecule has 2 aromatic heterocycles. The molecule has 0 amide bonds. The Kier molecular flexibility index (Phi) is 4.84. The summed E-state index contributed by atoms with van der Waals surface area (Å²) in [4.78, 5) is 18.3. The highest BCUT2D eigenvalue weighted by Gasteiger charge is 2.39. The topological polar surface area (TPSA) is 70.4 Å². The first-order valence-electron chi connectivity index (χ1n) is 9.36. The van der Waals surface area contributed by atoms with Crippen molar-refractivity contribution in [1.82, 2.24) is 19.8 Å². The predicted octanol–water partition coefficient (Wildman–Crippen LogP) is 3.79. The van der Waals surface area contributed by atoms with E-state index in [0.717, 1.165) is 22.6 Å². The van der Waals surface area contributed by atoms with Crippen LogP contribution in [-0.2, 0) is 0 Å². The van der Waals surface area contributed by atoms with E-state index in [1.807, 2.05) is 60.7 Å². The third-order valence-electron chi connectivity index (χ3n) is 5.50. The van der Waals surface area contributed by atoms with Crippen molar-refractivity contribution in [1.29, 1.82) is 0 Å². The average Bonchev–Trinajstić information content (AvgIpc) is 3.17. The van der Waals surface area contributed by atoms with E-state index in [4.69, 9.17) is 12.2 Å². The van der Waals surface area contributed by atoms with E-state index in [9.17, 15) is 9.90 Å². The van der Waals surface area contributed by atoms with E-state index in [1.165, 1.54) is 0 Å². The molecule has 0 radical (unpaired) electrons. The lowest BCUT2D eigenvalue weighted by Gasteiger charge is -2.24. The van der Waals surface area contributed by atoms with Gasteiger partial charge in [-0.15, -0.1) is 0 Å². The van der Waals surface area contributed by atoms with Crippen LogP contribution < -0.4 is 5.32 Å². The van der Waals surface area contributed by atoms with E-state index in [0.29, 0.717) is 10.8 Å². The molecule has 1 fully saturated rings. The maximum atomic E-state index is 11.8. The van der Waals surface area contributed by atoms with Crippen LogP contribution in [0, 0.1) is 13.8 Å². The molecule has 0 unspecified atom stereocenters. The van der Waals surface area contributed by atoms with Crippen LogP contribution >= 0.6 is 12.2 Å². The lowest BCUT2D eigenvalue weighted by atomic mass is 9.97. The number of carbonyl (C=O) groups is 1. The lowest BCUT2D eigenvalue weighted by Crippen LogP contribution is -2.25. The molecule has 2 N–H and O–H groups in total. The van der Waals surface area contributed by atoms with Gasteiger partial charge in [-0.05, 0) is 62.0 Å². The maximum absolute atomic E-state index is 11.8. The monoisotopic (exact) mass is 406 g/mol. The zero-order chi connectivity index (χ0) is 20.7. The number of likely N-dealkylation sites (N-methyl/N-ethyl adjacent to an activating group) is 1. The Morgan fingerprint density at radius 2 is 1.90 bits per heavy atom. The molecule has 29 heavy (non-hydrogen) atoms. The average molecular weight is 407 g/mol. The van der Waals surface area contributed by atoms with Crippen molar-refractivity contribution in [2.45, 2.75) is 25.9 Å². The molecule has 7 heteroatoms. The summed E-state index contributed by atoms with van der Waals surface area (Å²) < 4.78 is 2.00. The van der Waals surface area contributed by atoms with Crippen LogP contribution in [0.3, 0.4) is 0 Å². The van der Waals surface area contributed by atoms with Crippen molar-refractivity contribution in [2.24, 2.45) is 0 Å². The molecule has 3 aromatic rings. The van der Waals surface area contributed by atoms with Crippen LogP contribution in [0.2, 0.25) is 0 Å². The molecular weight excluding hydrogens is 384 g/mol. The van der Waals surface area contributed by atoms with Crippen molar-refractivity contribution >= 4 is 23.3 Å². The normalized spacial score (nSPS) is 18.7. The molecular formula is C22H22N4O2S. The van der Waals surface area contributed by atoms with Crippen LogP contribution in [0.1, 0.15) is 45.1 Å². The van der Waals surface area contributed by atoms with Gasteiger partial charge >= 0.3 is 5.97 Å². The summed E-state index contributed by atoms with van der Waals surface area (Å²) in [6.45, 7) is 4.01. The van der Waals surface area contributed by atoms with Gasteiger partial charge in [0.25, 0.3) is 0 Å². The molecule has 3 heterocycles. The number of para-hydroxylation sites is 1. The van der Waals surface area contributed by atoms with Gasteiger partial charge in [-0.1, -0.05) is 18.2 Å². The van der Waals surface area contributed by atoms with E-state index >= 15 is 0 Å². The number of nitrogens with one attached hydrogen (secondary N) is 1. The molecule has 1 aliphatic rings. The molecule has 2 atom stereocenters. The summed E-state index contributed by atoms with van der Waals surface area (Å²) in [5, 5.41) is 13.7. The van der Waals surface area contributed by atoms with Gasteiger partial charge in [-0.25, -0.2) is 4.79 Å². The third-order valence-corrected chi connectivity index (χ3v) is 5.91. The van der Waals surface area contributed by atoms with Gasteiger partial charge in [0.2, 0.25) is 0 Å². The van der Waals surface area contributed by atoms with Crippen molar-refractivity contribution in [3.63, 3.8) is 0 Å². The largest absolute Gasteiger partial charge is 0.478 e. The number of aryl methyl sites for hydroxylation is 1. The number of aromatic nitrogens is 2. The van der Waals surface area contributed by atoms with Crippen molar-refractivity contribution < 1.29 is 9.90 Å². The minimum atomic E-state index is -0.943. The Morgan fingerprint density at radius 3 is 2.59 bits per heavy atom. The summed E-state index contributed by atoms with van der Waals surface area (Å²) in [5.41, 5.74) is 4.90. The highest BCUT2D eigenvalue weighted by atomic mass is 32.1. The SMILES string of the molecule is Cc1cc([C@H]2[C@@H](c3ccccn3)NC(=S)N2C)c(C)n1-c1ccccc1C(=O)O.